The molecule has 1 amide bonds. The van der Waals surface area contributed by atoms with Crippen LogP contribution in [0.15, 0.2) is 35.2 Å². The van der Waals surface area contributed by atoms with E-state index >= 15 is 0 Å². The molecular formula is C12H18N2O3S. The second kappa shape index (κ2) is 7.13. The van der Waals surface area contributed by atoms with E-state index in [-0.39, 0.29) is 11.3 Å². The van der Waals surface area contributed by atoms with Gasteiger partial charge in [0.2, 0.25) is 5.91 Å². The molecule has 0 radical (unpaired) electrons. The van der Waals surface area contributed by atoms with Gasteiger partial charge in [0, 0.05) is 6.42 Å². The predicted octanol–water partition coefficient (Wildman–Crippen LogP) is 1.01. The third-order valence-electron chi connectivity index (χ3n) is 2.41. The number of unbranched alkanes of at least 4 members (excludes halogenated alkanes) is 2. The van der Waals surface area contributed by atoms with Gasteiger partial charge >= 0.3 is 0 Å². The summed E-state index contributed by atoms with van der Waals surface area (Å²) < 4.78 is 25.6. The van der Waals surface area contributed by atoms with Crippen molar-refractivity contribution in [3.8, 4) is 0 Å². The number of benzene rings is 1. The lowest BCUT2D eigenvalue weighted by Crippen LogP contribution is -2.30. The average molecular weight is 270 g/mol. The SMILES string of the molecule is NCCCCCC(=O)NS(=O)(=O)c1ccccc1. The molecule has 100 valence electrons. The van der Waals surface area contributed by atoms with Gasteiger partial charge in [-0.1, -0.05) is 24.6 Å². The minimum Gasteiger partial charge on any atom is -0.330 e. The summed E-state index contributed by atoms with van der Waals surface area (Å²) in [7, 11) is -3.73. The first kappa shape index (κ1) is 14.7. The largest absolute Gasteiger partial charge is 0.330 e. The van der Waals surface area contributed by atoms with Crippen molar-refractivity contribution in [2.75, 3.05) is 6.54 Å². The van der Waals surface area contributed by atoms with Crippen LogP contribution in [0.4, 0.5) is 0 Å². The highest BCUT2D eigenvalue weighted by Crippen LogP contribution is 2.08. The molecule has 1 aromatic carbocycles. The van der Waals surface area contributed by atoms with E-state index in [0.717, 1.165) is 12.8 Å². The normalized spacial score (nSPS) is 11.2. The first-order valence-corrected chi connectivity index (χ1v) is 7.35. The van der Waals surface area contributed by atoms with Crippen molar-refractivity contribution >= 4 is 15.9 Å². The number of carbonyl (C=O) groups is 1. The van der Waals surface area contributed by atoms with Crippen LogP contribution in [0.25, 0.3) is 0 Å². The Labute approximate surface area is 107 Å². The van der Waals surface area contributed by atoms with Gasteiger partial charge in [-0.15, -0.1) is 0 Å². The Morgan fingerprint density at radius 1 is 1.11 bits per heavy atom. The zero-order chi connectivity index (χ0) is 13.4. The molecule has 0 aliphatic carbocycles. The molecule has 0 bridgehead atoms. The maximum absolute atomic E-state index is 11.8. The lowest BCUT2D eigenvalue weighted by Gasteiger charge is -2.06. The molecule has 0 spiro atoms. The van der Waals surface area contributed by atoms with Gasteiger partial charge in [0.15, 0.2) is 0 Å². The van der Waals surface area contributed by atoms with Crippen LogP contribution in [-0.2, 0) is 14.8 Å². The summed E-state index contributed by atoms with van der Waals surface area (Å²) >= 11 is 0. The molecular weight excluding hydrogens is 252 g/mol. The van der Waals surface area contributed by atoms with Crippen LogP contribution < -0.4 is 10.5 Å². The topological polar surface area (TPSA) is 89.3 Å². The van der Waals surface area contributed by atoms with Crippen molar-refractivity contribution in [1.29, 1.82) is 0 Å². The Balaban J connectivity index is 2.49. The number of nitrogens with two attached hydrogens (primary N) is 1. The summed E-state index contributed by atoms with van der Waals surface area (Å²) in [6.45, 7) is 0.587. The molecule has 0 fully saturated rings. The Bertz CT molecular complexity index is 471. The van der Waals surface area contributed by atoms with Crippen LogP contribution in [0.5, 0.6) is 0 Å². The highest BCUT2D eigenvalue weighted by atomic mass is 32.2. The highest BCUT2D eigenvalue weighted by molar-refractivity contribution is 7.90. The van der Waals surface area contributed by atoms with Gasteiger partial charge in [0.05, 0.1) is 4.90 Å². The van der Waals surface area contributed by atoms with E-state index in [2.05, 4.69) is 4.72 Å². The van der Waals surface area contributed by atoms with Crippen LogP contribution >= 0.6 is 0 Å². The van der Waals surface area contributed by atoms with E-state index in [0.29, 0.717) is 13.0 Å². The van der Waals surface area contributed by atoms with Gasteiger partial charge in [-0.05, 0) is 31.5 Å². The van der Waals surface area contributed by atoms with Gasteiger partial charge in [-0.2, -0.15) is 0 Å². The number of carbonyl (C=O) groups excluding carboxylic acids is 1. The monoisotopic (exact) mass is 270 g/mol. The summed E-state index contributed by atoms with van der Waals surface area (Å²) in [5.41, 5.74) is 5.33. The van der Waals surface area contributed by atoms with Crippen molar-refractivity contribution < 1.29 is 13.2 Å². The fourth-order valence-electron chi connectivity index (χ4n) is 1.47. The molecule has 1 aromatic rings. The van der Waals surface area contributed by atoms with Crippen LogP contribution in [-0.4, -0.2) is 20.9 Å². The zero-order valence-corrected chi connectivity index (χ0v) is 10.9. The van der Waals surface area contributed by atoms with E-state index < -0.39 is 15.9 Å². The van der Waals surface area contributed by atoms with Crippen molar-refractivity contribution in [2.45, 2.75) is 30.6 Å². The fourth-order valence-corrected chi connectivity index (χ4v) is 2.50. The van der Waals surface area contributed by atoms with Crippen LogP contribution in [0, 0.1) is 0 Å². The maximum atomic E-state index is 11.8. The van der Waals surface area contributed by atoms with Crippen LogP contribution in [0.2, 0.25) is 0 Å². The molecule has 18 heavy (non-hydrogen) atoms. The van der Waals surface area contributed by atoms with Gasteiger partial charge < -0.3 is 5.73 Å². The lowest BCUT2D eigenvalue weighted by molar-refractivity contribution is -0.119. The third-order valence-corrected chi connectivity index (χ3v) is 3.80. The quantitative estimate of drug-likeness (QED) is 0.724. The average Bonchev–Trinajstić information content (AvgIpc) is 2.35. The van der Waals surface area contributed by atoms with Crippen molar-refractivity contribution in [3.05, 3.63) is 30.3 Å². The molecule has 6 heteroatoms. The molecule has 0 aromatic heterocycles. The molecule has 0 heterocycles. The smallest absolute Gasteiger partial charge is 0.264 e. The molecule has 0 unspecified atom stereocenters. The summed E-state index contributed by atoms with van der Waals surface area (Å²) in [6, 6.07) is 7.84. The van der Waals surface area contributed by atoms with E-state index in [1.165, 1.54) is 12.1 Å². The lowest BCUT2D eigenvalue weighted by atomic mass is 10.2. The zero-order valence-electron chi connectivity index (χ0n) is 10.1. The minimum absolute atomic E-state index is 0.0975. The number of hydrogen-bond acceptors (Lipinski definition) is 4. The first-order chi connectivity index (χ1) is 8.56. The summed E-state index contributed by atoms with van der Waals surface area (Å²) in [6.07, 6.45) is 2.52. The van der Waals surface area contributed by atoms with Crippen molar-refractivity contribution in [2.24, 2.45) is 5.73 Å². The van der Waals surface area contributed by atoms with Gasteiger partial charge in [-0.25, -0.2) is 13.1 Å². The van der Waals surface area contributed by atoms with Gasteiger partial charge in [-0.3, -0.25) is 4.79 Å². The Kier molecular flexibility index (Phi) is 5.80. The molecule has 0 aliphatic heterocycles. The van der Waals surface area contributed by atoms with Crippen molar-refractivity contribution in [3.63, 3.8) is 0 Å². The predicted molar refractivity (Wildman–Crippen MR) is 69.3 cm³/mol. The van der Waals surface area contributed by atoms with E-state index in [1.807, 2.05) is 0 Å². The third kappa shape index (κ3) is 4.85. The van der Waals surface area contributed by atoms with Gasteiger partial charge in [0.1, 0.15) is 0 Å². The Hall–Kier alpha value is -1.40. The summed E-state index contributed by atoms with van der Waals surface area (Å²) in [4.78, 5) is 11.6. The molecule has 0 saturated carbocycles. The number of sulfonamides is 1. The van der Waals surface area contributed by atoms with Crippen molar-refractivity contribution in [1.82, 2.24) is 4.72 Å². The second-order valence-electron chi connectivity index (χ2n) is 3.94. The van der Waals surface area contributed by atoms with Crippen LogP contribution in [0.3, 0.4) is 0 Å². The Morgan fingerprint density at radius 3 is 2.39 bits per heavy atom. The molecule has 0 saturated heterocycles. The molecule has 1 rings (SSSR count). The summed E-state index contributed by atoms with van der Waals surface area (Å²) in [5, 5.41) is 0. The minimum atomic E-state index is -3.73. The number of rotatable bonds is 7. The standard InChI is InChI=1S/C12H18N2O3S/c13-10-6-2-5-9-12(15)14-18(16,17)11-7-3-1-4-8-11/h1,3-4,7-8H,2,5-6,9-10,13H2,(H,14,15). The number of hydrogen-bond donors (Lipinski definition) is 2. The molecule has 0 atom stereocenters. The summed E-state index contributed by atoms with van der Waals surface area (Å²) in [5.74, 6) is -0.476. The maximum Gasteiger partial charge on any atom is 0.264 e. The first-order valence-electron chi connectivity index (χ1n) is 5.87. The molecule has 3 N–H and O–H groups in total. The van der Waals surface area contributed by atoms with E-state index in [9.17, 15) is 13.2 Å². The highest BCUT2D eigenvalue weighted by Gasteiger charge is 2.16. The second-order valence-corrected chi connectivity index (χ2v) is 5.62. The van der Waals surface area contributed by atoms with E-state index in [4.69, 9.17) is 5.73 Å². The number of amides is 1. The molecule has 0 aliphatic rings. The van der Waals surface area contributed by atoms with E-state index in [1.54, 1.807) is 18.2 Å². The molecule has 5 nitrogen and oxygen atoms in total. The van der Waals surface area contributed by atoms with Crippen LogP contribution in [0.1, 0.15) is 25.7 Å². The Morgan fingerprint density at radius 2 is 1.78 bits per heavy atom. The number of nitrogens with one attached hydrogen (secondary N) is 1. The van der Waals surface area contributed by atoms with Gasteiger partial charge in [0.25, 0.3) is 10.0 Å². The fraction of sp³-hybridized carbons (Fsp3) is 0.417.